The second-order valence-corrected chi connectivity index (χ2v) is 6.45. The zero-order valence-corrected chi connectivity index (χ0v) is 14.0. The van der Waals surface area contributed by atoms with Crippen LogP contribution in [0.2, 0.25) is 0 Å². The summed E-state index contributed by atoms with van der Waals surface area (Å²) in [5.41, 5.74) is 0. The SMILES string of the molecule is CCCCCCC[C@@H](CCCC)CCN1CCOCC1. The second-order valence-electron chi connectivity index (χ2n) is 6.45. The van der Waals surface area contributed by atoms with E-state index in [1.165, 1.54) is 70.8 Å². The molecule has 1 atom stereocenters. The molecule has 1 heterocycles. The van der Waals surface area contributed by atoms with Gasteiger partial charge in [-0.2, -0.15) is 0 Å². The zero-order chi connectivity index (χ0) is 14.5. The predicted octanol–water partition coefficient (Wildman–Crippen LogP) is 4.88. The lowest BCUT2D eigenvalue weighted by Gasteiger charge is -2.28. The van der Waals surface area contributed by atoms with Gasteiger partial charge in [-0.3, -0.25) is 4.90 Å². The van der Waals surface area contributed by atoms with Gasteiger partial charge in [-0.05, 0) is 18.9 Å². The van der Waals surface area contributed by atoms with Crippen molar-refractivity contribution in [2.75, 3.05) is 32.8 Å². The van der Waals surface area contributed by atoms with E-state index in [2.05, 4.69) is 18.7 Å². The van der Waals surface area contributed by atoms with Crippen molar-refractivity contribution < 1.29 is 4.74 Å². The Balaban J connectivity index is 2.13. The molecule has 0 unspecified atom stereocenters. The summed E-state index contributed by atoms with van der Waals surface area (Å²) in [4.78, 5) is 2.60. The first-order chi connectivity index (χ1) is 9.86. The Kier molecular flexibility index (Phi) is 11.4. The van der Waals surface area contributed by atoms with Gasteiger partial charge in [0.15, 0.2) is 0 Å². The summed E-state index contributed by atoms with van der Waals surface area (Å²) in [7, 11) is 0. The summed E-state index contributed by atoms with van der Waals surface area (Å²) in [6.45, 7) is 10.1. The van der Waals surface area contributed by atoms with Crippen molar-refractivity contribution in [3.63, 3.8) is 0 Å². The molecule has 2 heteroatoms. The van der Waals surface area contributed by atoms with Crippen molar-refractivity contribution in [3.8, 4) is 0 Å². The predicted molar refractivity (Wildman–Crippen MR) is 88.3 cm³/mol. The van der Waals surface area contributed by atoms with Gasteiger partial charge in [0.25, 0.3) is 0 Å². The minimum Gasteiger partial charge on any atom is -0.379 e. The van der Waals surface area contributed by atoms with Crippen LogP contribution in [0.25, 0.3) is 0 Å². The Morgan fingerprint density at radius 3 is 2.15 bits per heavy atom. The smallest absolute Gasteiger partial charge is 0.0594 e. The Bertz CT molecular complexity index is 202. The van der Waals surface area contributed by atoms with Crippen LogP contribution in [0.3, 0.4) is 0 Å². The highest BCUT2D eigenvalue weighted by Crippen LogP contribution is 2.21. The van der Waals surface area contributed by atoms with Crippen LogP contribution in [0.15, 0.2) is 0 Å². The minimum absolute atomic E-state index is 0.941. The van der Waals surface area contributed by atoms with Gasteiger partial charge in [0.05, 0.1) is 13.2 Å². The van der Waals surface area contributed by atoms with Crippen molar-refractivity contribution in [2.24, 2.45) is 5.92 Å². The molecule has 0 saturated carbocycles. The molecule has 1 aliphatic heterocycles. The van der Waals surface area contributed by atoms with Crippen LogP contribution in [0.1, 0.15) is 78.1 Å². The van der Waals surface area contributed by atoms with Gasteiger partial charge < -0.3 is 4.74 Å². The summed E-state index contributed by atoms with van der Waals surface area (Å²) in [5, 5.41) is 0. The molecule has 0 spiro atoms. The molecule has 0 aromatic rings. The van der Waals surface area contributed by atoms with E-state index in [9.17, 15) is 0 Å². The normalized spacial score (nSPS) is 18.3. The van der Waals surface area contributed by atoms with E-state index in [1.54, 1.807) is 0 Å². The quantitative estimate of drug-likeness (QED) is 0.473. The van der Waals surface area contributed by atoms with E-state index in [-0.39, 0.29) is 0 Å². The summed E-state index contributed by atoms with van der Waals surface area (Å²) >= 11 is 0. The van der Waals surface area contributed by atoms with Crippen molar-refractivity contribution >= 4 is 0 Å². The van der Waals surface area contributed by atoms with Crippen LogP contribution in [-0.2, 0) is 4.74 Å². The molecular formula is C18H37NO. The third-order valence-electron chi connectivity index (χ3n) is 4.64. The van der Waals surface area contributed by atoms with Crippen LogP contribution in [0.4, 0.5) is 0 Å². The molecule has 1 saturated heterocycles. The second kappa shape index (κ2) is 12.6. The zero-order valence-electron chi connectivity index (χ0n) is 14.0. The highest BCUT2D eigenvalue weighted by Gasteiger charge is 2.13. The molecule has 0 aromatic carbocycles. The number of hydrogen-bond donors (Lipinski definition) is 0. The molecule has 0 amide bonds. The fourth-order valence-corrected chi connectivity index (χ4v) is 3.15. The first-order valence-corrected chi connectivity index (χ1v) is 9.16. The molecule has 20 heavy (non-hydrogen) atoms. The van der Waals surface area contributed by atoms with Crippen LogP contribution >= 0.6 is 0 Å². The van der Waals surface area contributed by atoms with E-state index in [4.69, 9.17) is 4.74 Å². The fraction of sp³-hybridized carbons (Fsp3) is 1.00. The monoisotopic (exact) mass is 283 g/mol. The molecule has 0 aliphatic carbocycles. The molecule has 1 rings (SSSR count). The third kappa shape index (κ3) is 8.97. The van der Waals surface area contributed by atoms with Crippen LogP contribution in [0, 0.1) is 5.92 Å². The average molecular weight is 284 g/mol. The van der Waals surface area contributed by atoms with Crippen LogP contribution < -0.4 is 0 Å². The topological polar surface area (TPSA) is 12.5 Å². The number of ether oxygens (including phenoxy) is 1. The van der Waals surface area contributed by atoms with Gasteiger partial charge in [0.2, 0.25) is 0 Å². The number of morpholine rings is 1. The lowest BCUT2D eigenvalue weighted by atomic mass is 9.92. The Hall–Kier alpha value is -0.0800. The number of unbranched alkanes of at least 4 members (excludes halogenated alkanes) is 5. The van der Waals surface area contributed by atoms with Crippen molar-refractivity contribution in [3.05, 3.63) is 0 Å². The van der Waals surface area contributed by atoms with Gasteiger partial charge in [-0.25, -0.2) is 0 Å². The Morgan fingerprint density at radius 1 is 0.800 bits per heavy atom. The molecule has 0 bridgehead atoms. The maximum atomic E-state index is 5.43. The van der Waals surface area contributed by atoms with Gasteiger partial charge >= 0.3 is 0 Å². The summed E-state index contributed by atoms with van der Waals surface area (Å²) in [5.74, 6) is 0.972. The van der Waals surface area contributed by atoms with E-state index >= 15 is 0 Å². The molecular weight excluding hydrogens is 246 g/mol. The number of nitrogens with zero attached hydrogens (tertiary/aromatic N) is 1. The van der Waals surface area contributed by atoms with Gasteiger partial charge in [-0.1, -0.05) is 71.6 Å². The maximum absolute atomic E-state index is 5.43. The molecule has 2 nitrogen and oxygen atoms in total. The van der Waals surface area contributed by atoms with Gasteiger partial charge in [0, 0.05) is 13.1 Å². The highest BCUT2D eigenvalue weighted by molar-refractivity contribution is 4.67. The van der Waals surface area contributed by atoms with Crippen molar-refractivity contribution in [2.45, 2.75) is 78.1 Å². The van der Waals surface area contributed by atoms with E-state index in [1.807, 2.05) is 0 Å². The molecule has 120 valence electrons. The molecule has 0 N–H and O–H groups in total. The van der Waals surface area contributed by atoms with Crippen LogP contribution in [0.5, 0.6) is 0 Å². The average Bonchev–Trinajstić information content (AvgIpc) is 2.50. The molecule has 1 aliphatic rings. The molecule has 0 radical (unpaired) electrons. The summed E-state index contributed by atoms with van der Waals surface area (Å²) < 4.78 is 5.43. The first-order valence-electron chi connectivity index (χ1n) is 9.16. The summed E-state index contributed by atoms with van der Waals surface area (Å²) in [6, 6.07) is 0. The highest BCUT2D eigenvalue weighted by atomic mass is 16.5. The minimum atomic E-state index is 0.941. The van der Waals surface area contributed by atoms with E-state index in [0.717, 1.165) is 32.2 Å². The Morgan fingerprint density at radius 2 is 1.45 bits per heavy atom. The maximum Gasteiger partial charge on any atom is 0.0594 e. The third-order valence-corrected chi connectivity index (χ3v) is 4.64. The molecule has 0 aromatic heterocycles. The van der Waals surface area contributed by atoms with Crippen LogP contribution in [-0.4, -0.2) is 37.7 Å². The van der Waals surface area contributed by atoms with Crippen molar-refractivity contribution in [1.29, 1.82) is 0 Å². The Labute approximate surface area is 127 Å². The number of hydrogen-bond acceptors (Lipinski definition) is 2. The summed E-state index contributed by atoms with van der Waals surface area (Å²) in [6.07, 6.45) is 14.2. The number of rotatable bonds is 12. The standard InChI is InChI=1S/C18H37NO/c1-3-5-7-8-9-11-18(10-6-4-2)12-13-19-14-16-20-17-15-19/h18H,3-17H2,1-2H3/t18-/m1/s1. The first kappa shape index (κ1) is 18.0. The lowest BCUT2D eigenvalue weighted by molar-refractivity contribution is 0.0349. The largest absolute Gasteiger partial charge is 0.379 e. The van der Waals surface area contributed by atoms with Crippen molar-refractivity contribution in [1.82, 2.24) is 4.90 Å². The fourth-order valence-electron chi connectivity index (χ4n) is 3.15. The van der Waals surface area contributed by atoms with E-state index < -0.39 is 0 Å². The van der Waals surface area contributed by atoms with Gasteiger partial charge in [0.1, 0.15) is 0 Å². The van der Waals surface area contributed by atoms with Gasteiger partial charge in [-0.15, -0.1) is 0 Å². The molecule has 1 fully saturated rings. The lowest BCUT2D eigenvalue weighted by Crippen LogP contribution is -2.37. The van der Waals surface area contributed by atoms with E-state index in [0.29, 0.717) is 0 Å².